The van der Waals surface area contributed by atoms with Gasteiger partial charge in [-0.15, -0.1) is 0 Å². The summed E-state index contributed by atoms with van der Waals surface area (Å²) >= 11 is 0. The van der Waals surface area contributed by atoms with Gasteiger partial charge in [0.15, 0.2) is 6.19 Å². The van der Waals surface area contributed by atoms with Crippen molar-refractivity contribution in [3.63, 3.8) is 0 Å². The van der Waals surface area contributed by atoms with Gasteiger partial charge >= 0.3 is 0 Å². The number of hydrogen-bond acceptors (Lipinski definition) is 6. The lowest BCUT2D eigenvalue weighted by Gasteiger charge is -2.16. The zero-order valence-corrected chi connectivity index (χ0v) is 16.2. The fourth-order valence-electron chi connectivity index (χ4n) is 3.08. The van der Waals surface area contributed by atoms with Gasteiger partial charge in [-0.1, -0.05) is 12.1 Å². The molecule has 3 rings (SSSR count). The predicted octanol–water partition coefficient (Wildman–Crippen LogP) is 2.28. The third-order valence-corrected chi connectivity index (χ3v) is 6.03. The van der Waals surface area contributed by atoms with Gasteiger partial charge in [-0.2, -0.15) is 5.26 Å². The van der Waals surface area contributed by atoms with Gasteiger partial charge in [0, 0.05) is 31.4 Å². The minimum absolute atomic E-state index is 0.00894. The van der Waals surface area contributed by atoms with Gasteiger partial charge in [-0.3, -0.25) is 0 Å². The molecule has 7 nitrogen and oxygen atoms in total. The van der Waals surface area contributed by atoms with Crippen LogP contribution in [0.3, 0.4) is 0 Å². The van der Waals surface area contributed by atoms with Crippen LogP contribution in [-0.2, 0) is 16.6 Å². The molecule has 2 N–H and O–H groups in total. The highest BCUT2D eigenvalue weighted by atomic mass is 32.2. The van der Waals surface area contributed by atoms with Crippen LogP contribution in [0.1, 0.15) is 12.0 Å². The summed E-state index contributed by atoms with van der Waals surface area (Å²) in [6, 6.07) is 10.6. The Labute approximate surface area is 163 Å². The second-order valence-corrected chi connectivity index (χ2v) is 8.18. The van der Waals surface area contributed by atoms with Gasteiger partial charge in [0.05, 0.1) is 7.11 Å². The van der Waals surface area contributed by atoms with E-state index in [0.717, 1.165) is 5.56 Å². The monoisotopic (exact) mass is 404 g/mol. The van der Waals surface area contributed by atoms with Crippen LogP contribution in [0.2, 0.25) is 0 Å². The number of nitrogens with one attached hydrogen (secondary N) is 2. The van der Waals surface area contributed by atoms with Gasteiger partial charge in [-0.05, 0) is 42.3 Å². The number of likely N-dealkylation sites (tertiary alicyclic amines) is 1. The number of ether oxygens (including phenoxy) is 1. The van der Waals surface area contributed by atoms with E-state index < -0.39 is 10.0 Å². The fourth-order valence-corrected chi connectivity index (χ4v) is 4.53. The third-order valence-electron chi connectivity index (χ3n) is 4.49. The average molecular weight is 404 g/mol. The number of benzene rings is 2. The molecule has 2 aromatic rings. The SMILES string of the molecule is COc1ccc(NCc2cccc(F)c2)cc1S(=O)(=O)N[C@@H]1CCN(C#N)C1. The second-order valence-electron chi connectivity index (χ2n) is 6.50. The van der Waals surface area contributed by atoms with Crippen LogP contribution in [0, 0.1) is 17.3 Å². The number of nitriles is 1. The van der Waals surface area contributed by atoms with E-state index in [1.165, 1.54) is 30.2 Å². The molecule has 0 radical (unpaired) electrons. The predicted molar refractivity (Wildman–Crippen MR) is 103 cm³/mol. The number of nitrogens with zero attached hydrogens (tertiary/aromatic N) is 2. The minimum atomic E-state index is -3.84. The Balaban J connectivity index is 1.77. The van der Waals surface area contributed by atoms with Gasteiger partial charge in [0.1, 0.15) is 16.5 Å². The number of methoxy groups -OCH3 is 1. The molecule has 148 valence electrons. The Hall–Kier alpha value is -2.83. The summed E-state index contributed by atoms with van der Waals surface area (Å²) in [7, 11) is -2.44. The van der Waals surface area contributed by atoms with Gasteiger partial charge in [0.25, 0.3) is 0 Å². The summed E-state index contributed by atoms with van der Waals surface area (Å²) in [6.45, 7) is 1.21. The van der Waals surface area contributed by atoms with Crippen LogP contribution >= 0.6 is 0 Å². The maximum Gasteiger partial charge on any atom is 0.244 e. The molecule has 0 aliphatic carbocycles. The minimum Gasteiger partial charge on any atom is -0.495 e. The highest BCUT2D eigenvalue weighted by molar-refractivity contribution is 7.89. The van der Waals surface area contributed by atoms with Crippen LogP contribution in [0.4, 0.5) is 10.1 Å². The molecule has 0 spiro atoms. The molecular weight excluding hydrogens is 383 g/mol. The largest absolute Gasteiger partial charge is 0.495 e. The standard InChI is InChI=1S/C19H21FN4O3S/c1-27-18-6-5-16(22-11-14-3-2-4-15(20)9-14)10-19(18)28(25,26)23-17-7-8-24(12-17)13-21/h2-6,9-10,17,22-23H,7-8,11-12H2,1H3/t17-/m1/s1. The van der Waals surface area contributed by atoms with E-state index in [1.54, 1.807) is 24.3 Å². The molecule has 2 aromatic carbocycles. The Morgan fingerprint density at radius 3 is 2.82 bits per heavy atom. The summed E-state index contributed by atoms with van der Waals surface area (Å²) in [6.07, 6.45) is 2.59. The Bertz CT molecular complexity index is 991. The van der Waals surface area contributed by atoms with Crippen molar-refractivity contribution in [2.45, 2.75) is 23.9 Å². The third kappa shape index (κ3) is 4.71. The van der Waals surface area contributed by atoms with Crippen molar-refractivity contribution < 1.29 is 17.5 Å². The van der Waals surface area contributed by atoms with Crippen molar-refractivity contribution in [1.82, 2.24) is 9.62 Å². The van der Waals surface area contributed by atoms with Gasteiger partial charge < -0.3 is 15.0 Å². The normalized spacial score (nSPS) is 16.6. The molecule has 1 aliphatic heterocycles. The zero-order chi connectivity index (χ0) is 20.1. The molecule has 0 saturated carbocycles. The highest BCUT2D eigenvalue weighted by Gasteiger charge is 2.28. The highest BCUT2D eigenvalue weighted by Crippen LogP contribution is 2.28. The molecule has 28 heavy (non-hydrogen) atoms. The van der Waals surface area contributed by atoms with Gasteiger partial charge in [-0.25, -0.2) is 17.5 Å². The first kappa shape index (κ1) is 19.9. The van der Waals surface area contributed by atoms with Crippen molar-refractivity contribution in [3.8, 4) is 11.9 Å². The molecule has 1 fully saturated rings. The molecule has 0 bridgehead atoms. The van der Waals surface area contributed by atoms with Crippen molar-refractivity contribution in [1.29, 1.82) is 5.26 Å². The van der Waals surface area contributed by atoms with E-state index >= 15 is 0 Å². The molecule has 9 heteroatoms. The van der Waals surface area contributed by atoms with Crippen molar-refractivity contribution in [2.75, 3.05) is 25.5 Å². The molecular formula is C19H21FN4O3S. The van der Waals surface area contributed by atoms with Crippen LogP contribution in [-0.4, -0.2) is 39.6 Å². The maximum atomic E-state index is 13.3. The quantitative estimate of drug-likeness (QED) is 0.688. The summed E-state index contributed by atoms with van der Waals surface area (Å²) < 4.78 is 46.9. The lowest BCUT2D eigenvalue weighted by Crippen LogP contribution is -2.36. The first-order chi connectivity index (χ1) is 13.4. The Kier molecular flexibility index (Phi) is 6.02. The Morgan fingerprint density at radius 2 is 2.14 bits per heavy atom. The first-order valence-corrected chi connectivity index (χ1v) is 10.2. The lowest BCUT2D eigenvalue weighted by molar-refractivity contribution is 0.402. The maximum absolute atomic E-state index is 13.3. The number of sulfonamides is 1. The van der Waals surface area contributed by atoms with Crippen molar-refractivity contribution in [2.24, 2.45) is 0 Å². The fraction of sp³-hybridized carbons (Fsp3) is 0.316. The molecule has 0 aromatic heterocycles. The Morgan fingerprint density at radius 1 is 1.32 bits per heavy atom. The summed E-state index contributed by atoms with van der Waals surface area (Å²) in [5.74, 6) is -0.108. The molecule has 1 saturated heterocycles. The molecule has 0 amide bonds. The van der Waals surface area contributed by atoms with Crippen LogP contribution in [0.15, 0.2) is 47.4 Å². The molecule has 1 aliphatic rings. The van der Waals surface area contributed by atoms with Crippen molar-refractivity contribution in [3.05, 3.63) is 53.8 Å². The zero-order valence-electron chi connectivity index (χ0n) is 15.4. The second kappa shape index (κ2) is 8.46. The van der Waals surface area contributed by atoms with E-state index in [4.69, 9.17) is 10.00 Å². The summed E-state index contributed by atoms with van der Waals surface area (Å²) in [5, 5.41) is 12.0. The van der Waals surface area contributed by atoms with E-state index in [9.17, 15) is 12.8 Å². The van der Waals surface area contributed by atoms with E-state index in [1.807, 2.05) is 6.19 Å². The van der Waals surface area contributed by atoms with Crippen LogP contribution in [0.25, 0.3) is 0 Å². The average Bonchev–Trinajstić information content (AvgIpc) is 3.13. The van der Waals surface area contributed by atoms with Gasteiger partial charge in [0.2, 0.25) is 10.0 Å². The molecule has 0 unspecified atom stereocenters. The van der Waals surface area contributed by atoms with E-state index in [2.05, 4.69) is 10.0 Å². The molecule has 1 heterocycles. The number of anilines is 1. The smallest absolute Gasteiger partial charge is 0.244 e. The topological polar surface area (TPSA) is 94.5 Å². The van der Waals surface area contributed by atoms with Crippen LogP contribution in [0.5, 0.6) is 5.75 Å². The van der Waals surface area contributed by atoms with Crippen molar-refractivity contribution >= 4 is 15.7 Å². The first-order valence-electron chi connectivity index (χ1n) is 8.74. The summed E-state index contributed by atoms with van der Waals surface area (Å²) in [5.41, 5.74) is 1.30. The lowest BCUT2D eigenvalue weighted by atomic mass is 10.2. The van der Waals surface area contributed by atoms with E-state index in [0.29, 0.717) is 31.7 Å². The van der Waals surface area contributed by atoms with E-state index in [-0.39, 0.29) is 22.5 Å². The summed E-state index contributed by atoms with van der Waals surface area (Å²) in [4.78, 5) is 1.52. The van der Waals surface area contributed by atoms with Crippen LogP contribution < -0.4 is 14.8 Å². The molecule has 1 atom stereocenters. The number of rotatable bonds is 7. The number of hydrogen-bond donors (Lipinski definition) is 2. The number of halogens is 1.